The minimum atomic E-state index is -3.46. The van der Waals surface area contributed by atoms with Crippen molar-refractivity contribution in [2.24, 2.45) is 0 Å². The predicted molar refractivity (Wildman–Crippen MR) is 79.2 cm³/mol. The van der Waals surface area contributed by atoms with Gasteiger partial charge in [-0.15, -0.1) is 0 Å². The molecule has 2 rings (SSSR count). The monoisotopic (exact) mass is 309 g/mol. The highest BCUT2D eigenvalue weighted by Crippen LogP contribution is 2.22. The fourth-order valence-corrected chi connectivity index (χ4v) is 3.67. The second-order valence-corrected chi connectivity index (χ2v) is 6.75. The Morgan fingerprint density at radius 2 is 2.10 bits per heavy atom. The Kier molecular flexibility index (Phi) is 5.37. The molecule has 0 spiro atoms. The molecule has 0 radical (unpaired) electrons. The van der Waals surface area contributed by atoms with Crippen LogP contribution in [0.1, 0.15) is 18.4 Å². The summed E-state index contributed by atoms with van der Waals surface area (Å²) in [5, 5.41) is 8.66. The molecule has 1 aliphatic heterocycles. The molecule has 0 amide bonds. The molecule has 0 saturated carbocycles. The SMILES string of the molecule is COC1CCN(S(=O)(=O)c2ccc(C#CCCO)cc2)C1. The molecular weight excluding hydrogens is 290 g/mol. The maximum atomic E-state index is 12.5. The molecule has 1 fully saturated rings. The predicted octanol–water partition coefficient (Wildman–Crippen LogP) is 0.830. The van der Waals surface area contributed by atoms with E-state index in [0.29, 0.717) is 19.5 Å². The van der Waals surface area contributed by atoms with Crippen LogP contribution in [0, 0.1) is 11.8 Å². The largest absolute Gasteiger partial charge is 0.395 e. The van der Waals surface area contributed by atoms with E-state index in [1.807, 2.05) is 0 Å². The summed E-state index contributed by atoms with van der Waals surface area (Å²) in [6.07, 6.45) is 1.11. The lowest BCUT2D eigenvalue weighted by Crippen LogP contribution is -2.30. The summed E-state index contributed by atoms with van der Waals surface area (Å²) in [5.41, 5.74) is 0.735. The summed E-state index contributed by atoms with van der Waals surface area (Å²) in [6.45, 7) is 0.908. The molecule has 1 aromatic carbocycles. The third kappa shape index (κ3) is 3.83. The van der Waals surface area contributed by atoms with Crippen molar-refractivity contribution in [1.29, 1.82) is 0 Å². The molecule has 1 N–H and O–H groups in total. The van der Waals surface area contributed by atoms with Crippen LogP contribution in [-0.2, 0) is 14.8 Å². The van der Waals surface area contributed by atoms with Gasteiger partial charge in [0.1, 0.15) is 0 Å². The van der Waals surface area contributed by atoms with Crippen molar-refractivity contribution in [3.63, 3.8) is 0 Å². The number of hydrogen-bond acceptors (Lipinski definition) is 4. The fraction of sp³-hybridized carbons (Fsp3) is 0.467. The maximum Gasteiger partial charge on any atom is 0.243 e. The number of hydrogen-bond donors (Lipinski definition) is 1. The van der Waals surface area contributed by atoms with Crippen LogP contribution >= 0.6 is 0 Å². The van der Waals surface area contributed by atoms with Crippen LogP contribution in [0.5, 0.6) is 0 Å². The number of benzene rings is 1. The third-order valence-electron chi connectivity index (χ3n) is 3.40. The first-order valence-electron chi connectivity index (χ1n) is 6.80. The van der Waals surface area contributed by atoms with E-state index in [4.69, 9.17) is 9.84 Å². The van der Waals surface area contributed by atoms with Crippen LogP contribution in [0.25, 0.3) is 0 Å². The molecule has 114 valence electrons. The van der Waals surface area contributed by atoms with Crippen molar-refractivity contribution in [2.75, 3.05) is 26.8 Å². The smallest absolute Gasteiger partial charge is 0.243 e. The molecule has 1 unspecified atom stereocenters. The average Bonchev–Trinajstić information content (AvgIpc) is 2.98. The molecule has 1 aromatic rings. The van der Waals surface area contributed by atoms with Gasteiger partial charge in [0.2, 0.25) is 10.0 Å². The quantitative estimate of drug-likeness (QED) is 0.837. The van der Waals surface area contributed by atoms with Gasteiger partial charge < -0.3 is 9.84 Å². The van der Waals surface area contributed by atoms with Crippen LogP contribution in [0.3, 0.4) is 0 Å². The van der Waals surface area contributed by atoms with Gasteiger partial charge in [0, 0.05) is 32.2 Å². The topological polar surface area (TPSA) is 66.8 Å². The lowest BCUT2D eigenvalue weighted by atomic mass is 10.2. The van der Waals surface area contributed by atoms with Gasteiger partial charge in [0.05, 0.1) is 17.6 Å². The Hall–Kier alpha value is -1.39. The van der Waals surface area contributed by atoms with Crippen molar-refractivity contribution < 1.29 is 18.3 Å². The summed E-state index contributed by atoms with van der Waals surface area (Å²) in [7, 11) is -1.86. The molecule has 0 aromatic heterocycles. The molecule has 1 heterocycles. The molecular formula is C15H19NO4S. The zero-order valence-electron chi connectivity index (χ0n) is 11.9. The van der Waals surface area contributed by atoms with Crippen LogP contribution in [0.2, 0.25) is 0 Å². The summed E-state index contributed by atoms with van der Waals surface area (Å²) < 4.78 is 31.6. The van der Waals surface area contributed by atoms with Gasteiger partial charge in [-0.1, -0.05) is 11.8 Å². The second kappa shape index (κ2) is 7.05. The Morgan fingerprint density at radius 3 is 2.67 bits per heavy atom. The Bertz CT molecular complexity index is 628. The third-order valence-corrected chi connectivity index (χ3v) is 5.28. The van der Waals surface area contributed by atoms with Crippen LogP contribution < -0.4 is 0 Å². The number of rotatable bonds is 4. The van der Waals surface area contributed by atoms with Crippen LogP contribution in [-0.4, -0.2) is 50.7 Å². The van der Waals surface area contributed by atoms with E-state index in [0.717, 1.165) is 12.0 Å². The lowest BCUT2D eigenvalue weighted by Gasteiger charge is -2.16. The standard InChI is InChI=1S/C15H19NO4S/c1-20-14-9-10-16(12-14)21(18,19)15-7-5-13(6-8-15)4-2-3-11-17/h5-8,14,17H,3,9-12H2,1H3. The number of aliphatic hydroxyl groups is 1. The fourth-order valence-electron chi connectivity index (χ4n) is 2.19. The first kappa shape index (κ1) is 16.0. The highest BCUT2D eigenvalue weighted by molar-refractivity contribution is 7.89. The van der Waals surface area contributed by atoms with E-state index in [9.17, 15) is 8.42 Å². The molecule has 0 bridgehead atoms. The van der Waals surface area contributed by atoms with Gasteiger partial charge in [0.15, 0.2) is 0 Å². The zero-order valence-corrected chi connectivity index (χ0v) is 12.8. The van der Waals surface area contributed by atoms with Gasteiger partial charge in [-0.05, 0) is 30.7 Å². The van der Waals surface area contributed by atoms with Gasteiger partial charge in [-0.2, -0.15) is 4.31 Å². The zero-order chi connectivity index (χ0) is 15.3. The van der Waals surface area contributed by atoms with Crippen LogP contribution in [0.4, 0.5) is 0 Å². The van der Waals surface area contributed by atoms with Gasteiger partial charge in [0.25, 0.3) is 0 Å². The number of ether oxygens (including phenoxy) is 1. The van der Waals surface area contributed by atoms with E-state index in [1.165, 1.54) is 4.31 Å². The number of methoxy groups -OCH3 is 1. The van der Waals surface area contributed by atoms with Crippen LogP contribution in [0.15, 0.2) is 29.2 Å². The van der Waals surface area contributed by atoms with E-state index in [2.05, 4.69) is 11.8 Å². The molecule has 6 heteroatoms. The van der Waals surface area contributed by atoms with Crippen molar-refractivity contribution in [3.8, 4) is 11.8 Å². The summed E-state index contributed by atoms with van der Waals surface area (Å²) in [6, 6.07) is 6.50. The molecule has 21 heavy (non-hydrogen) atoms. The normalized spacial score (nSPS) is 19.2. The van der Waals surface area contributed by atoms with Crippen molar-refractivity contribution >= 4 is 10.0 Å². The molecule has 5 nitrogen and oxygen atoms in total. The van der Waals surface area contributed by atoms with E-state index in [1.54, 1.807) is 31.4 Å². The highest BCUT2D eigenvalue weighted by atomic mass is 32.2. The average molecular weight is 309 g/mol. The minimum absolute atomic E-state index is 0.0229. The first-order chi connectivity index (χ1) is 10.1. The second-order valence-electron chi connectivity index (χ2n) is 4.81. The minimum Gasteiger partial charge on any atom is -0.395 e. The highest BCUT2D eigenvalue weighted by Gasteiger charge is 2.32. The van der Waals surface area contributed by atoms with E-state index in [-0.39, 0.29) is 17.6 Å². The van der Waals surface area contributed by atoms with Gasteiger partial charge in [-0.25, -0.2) is 8.42 Å². The van der Waals surface area contributed by atoms with E-state index < -0.39 is 10.0 Å². The van der Waals surface area contributed by atoms with Gasteiger partial charge in [-0.3, -0.25) is 0 Å². The summed E-state index contributed by atoms with van der Waals surface area (Å²) in [5.74, 6) is 5.67. The van der Waals surface area contributed by atoms with Crippen molar-refractivity contribution in [2.45, 2.75) is 23.8 Å². The number of sulfonamides is 1. The number of aliphatic hydroxyl groups excluding tert-OH is 1. The Labute approximate surface area is 125 Å². The molecule has 1 saturated heterocycles. The molecule has 1 atom stereocenters. The Morgan fingerprint density at radius 1 is 1.38 bits per heavy atom. The van der Waals surface area contributed by atoms with Gasteiger partial charge >= 0.3 is 0 Å². The molecule has 1 aliphatic rings. The number of nitrogens with zero attached hydrogens (tertiary/aromatic N) is 1. The maximum absolute atomic E-state index is 12.5. The lowest BCUT2D eigenvalue weighted by molar-refractivity contribution is 0.115. The first-order valence-corrected chi connectivity index (χ1v) is 8.24. The summed E-state index contributed by atoms with van der Waals surface area (Å²) >= 11 is 0. The molecule has 0 aliphatic carbocycles. The van der Waals surface area contributed by atoms with Crippen molar-refractivity contribution in [3.05, 3.63) is 29.8 Å². The van der Waals surface area contributed by atoms with Crippen molar-refractivity contribution in [1.82, 2.24) is 4.31 Å². The van der Waals surface area contributed by atoms with E-state index >= 15 is 0 Å². The summed E-state index contributed by atoms with van der Waals surface area (Å²) in [4.78, 5) is 0.270. The Balaban J connectivity index is 2.13.